The lowest BCUT2D eigenvalue weighted by molar-refractivity contribution is -0.117. The van der Waals surface area contributed by atoms with E-state index in [4.69, 9.17) is 4.42 Å². The second kappa shape index (κ2) is 5.97. The number of aryl methyl sites for hydroxylation is 1. The molecule has 1 aromatic carbocycles. The molecule has 0 unspecified atom stereocenters. The van der Waals surface area contributed by atoms with E-state index in [1.165, 1.54) is 5.56 Å². The van der Waals surface area contributed by atoms with Crippen molar-refractivity contribution in [1.29, 1.82) is 0 Å². The molecule has 0 N–H and O–H groups in total. The van der Waals surface area contributed by atoms with E-state index < -0.39 is 0 Å². The highest BCUT2D eigenvalue weighted by Crippen LogP contribution is 2.17. The number of rotatable bonds is 6. The van der Waals surface area contributed by atoms with Gasteiger partial charge in [-0.1, -0.05) is 6.07 Å². The summed E-state index contributed by atoms with van der Waals surface area (Å²) in [6, 6.07) is 6.10. The molecule has 1 heterocycles. The molecule has 102 valence electrons. The number of oxazole rings is 1. The van der Waals surface area contributed by atoms with Crippen molar-refractivity contribution in [1.82, 2.24) is 9.88 Å². The van der Waals surface area contributed by atoms with E-state index in [9.17, 15) is 4.79 Å². The molecule has 4 heteroatoms. The Balaban J connectivity index is 1.94. The smallest absolute Gasteiger partial charge is 0.192 e. The zero-order valence-corrected chi connectivity index (χ0v) is 11.8. The molecule has 2 aromatic rings. The van der Waals surface area contributed by atoms with E-state index in [0.29, 0.717) is 12.3 Å². The third kappa shape index (κ3) is 3.89. The monoisotopic (exact) mass is 260 g/mol. The second-order valence-electron chi connectivity index (χ2n) is 5.08. The molecular formula is C15H20N2O2. The van der Waals surface area contributed by atoms with Crippen molar-refractivity contribution in [3.8, 4) is 0 Å². The quantitative estimate of drug-likeness (QED) is 0.801. The molecule has 0 aliphatic rings. The summed E-state index contributed by atoms with van der Waals surface area (Å²) < 4.78 is 5.53. The van der Waals surface area contributed by atoms with Crippen LogP contribution in [0.2, 0.25) is 0 Å². The highest BCUT2D eigenvalue weighted by molar-refractivity contribution is 5.75. The Labute approximate surface area is 113 Å². The van der Waals surface area contributed by atoms with Crippen molar-refractivity contribution < 1.29 is 9.21 Å². The molecule has 4 nitrogen and oxygen atoms in total. The van der Waals surface area contributed by atoms with Gasteiger partial charge in [-0.2, -0.15) is 0 Å². The minimum absolute atomic E-state index is 0.256. The lowest BCUT2D eigenvalue weighted by Crippen LogP contribution is -2.19. The molecule has 0 saturated heterocycles. The Hall–Kier alpha value is -1.68. The summed E-state index contributed by atoms with van der Waals surface area (Å²) in [5, 5.41) is 0. The third-order valence-electron chi connectivity index (χ3n) is 3.08. The average Bonchev–Trinajstić information content (AvgIpc) is 2.67. The van der Waals surface area contributed by atoms with E-state index in [2.05, 4.69) is 23.0 Å². The summed E-state index contributed by atoms with van der Waals surface area (Å²) in [7, 11) is 2.07. The largest absolute Gasteiger partial charge is 0.441 e. The maximum atomic E-state index is 10.9. The van der Waals surface area contributed by atoms with Crippen LogP contribution in [0.3, 0.4) is 0 Å². The number of ketones is 1. The number of carbonyl (C=O) groups excluding carboxylic acids is 1. The first-order valence-electron chi connectivity index (χ1n) is 6.58. The fraction of sp³-hybridized carbons (Fsp3) is 0.467. The maximum absolute atomic E-state index is 10.9. The summed E-state index contributed by atoms with van der Waals surface area (Å²) >= 11 is 0. The Morgan fingerprint density at radius 2 is 2.21 bits per heavy atom. The highest BCUT2D eigenvalue weighted by atomic mass is 16.3. The standard InChI is InChI=1S/C15H20N2O2/c1-11(18)5-4-8-17(3)10-13-6-7-14-15(9-13)19-12(2)16-14/h6-7,9H,4-5,8,10H2,1-3H3. The van der Waals surface area contributed by atoms with Crippen molar-refractivity contribution in [2.24, 2.45) is 0 Å². The Morgan fingerprint density at radius 3 is 2.95 bits per heavy atom. The van der Waals surface area contributed by atoms with Gasteiger partial charge in [-0.3, -0.25) is 0 Å². The molecule has 0 saturated carbocycles. The molecule has 0 bridgehead atoms. The first kappa shape index (κ1) is 13.7. The number of hydrogen-bond donors (Lipinski definition) is 0. The first-order valence-corrected chi connectivity index (χ1v) is 6.58. The van der Waals surface area contributed by atoms with Gasteiger partial charge in [0, 0.05) is 19.9 Å². The van der Waals surface area contributed by atoms with E-state index >= 15 is 0 Å². The maximum Gasteiger partial charge on any atom is 0.192 e. The Bertz CT molecular complexity index is 575. The van der Waals surface area contributed by atoms with Gasteiger partial charge in [0.2, 0.25) is 0 Å². The van der Waals surface area contributed by atoms with E-state index in [1.54, 1.807) is 6.92 Å². The van der Waals surface area contributed by atoms with Crippen LogP contribution >= 0.6 is 0 Å². The predicted octanol–water partition coefficient (Wildman–Crippen LogP) is 2.94. The summed E-state index contributed by atoms with van der Waals surface area (Å²) in [6.45, 7) is 5.27. The zero-order valence-electron chi connectivity index (χ0n) is 11.8. The van der Waals surface area contributed by atoms with Crippen LogP contribution in [0.25, 0.3) is 11.1 Å². The second-order valence-corrected chi connectivity index (χ2v) is 5.08. The fourth-order valence-corrected chi connectivity index (χ4v) is 2.17. The summed E-state index contributed by atoms with van der Waals surface area (Å²) in [5.41, 5.74) is 2.95. The predicted molar refractivity (Wildman–Crippen MR) is 75.0 cm³/mol. The first-order chi connectivity index (χ1) is 9.04. The van der Waals surface area contributed by atoms with E-state index in [0.717, 1.165) is 30.6 Å². The topological polar surface area (TPSA) is 46.3 Å². The lowest BCUT2D eigenvalue weighted by Gasteiger charge is -2.16. The molecule has 1 aromatic heterocycles. The molecule has 0 fully saturated rings. The zero-order chi connectivity index (χ0) is 13.8. The number of fused-ring (bicyclic) bond motifs is 1. The highest BCUT2D eigenvalue weighted by Gasteiger charge is 2.05. The van der Waals surface area contributed by atoms with Crippen molar-refractivity contribution >= 4 is 16.9 Å². The Kier molecular flexibility index (Phi) is 4.32. The average molecular weight is 260 g/mol. The van der Waals surface area contributed by atoms with Crippen LogP contribution in [0.4, 0.5) is 0 Å². The SMILES string of the molecule is CC(=O)CCCN(C)Cc1ccc2nc(C)oc2c1. The number of aromatic nitrogens is 1. The molecule has 0 aliphatic carbocycles. The normalized spacial score (nSPS) is 11.4. The van der Waals surface area contributed by atoms with E-state index in [-0.39, 0.29) is 5.78 Å². The molecule has 0 aliphatic heterocycles. The van der Waals surface area contributed by atoms with Crippen molar-refractivity contribution in [3.63, 3.8) is 0 Å². The summed E-state index contributed by atoms with van der Waals surface area (Å²) in [4.78, 5) is 17.4. The molecule has 0 amide bonds. The molecule has 0 atom stereocenters. The number of Topliss-reactive ketones (excluding diaryl/α,β-unsaturated/α-hetero) is 1. The van der Waals surface area contributed by atoms with Gasteiger partial charge in [0.1, 0.15) is 11.3 Å². The van der Waals surface area contributed by atoms with Crippen LogP contribution in [0.15, 0.2) is 22.6 Å². The molecule has 0 spiro atoms. The van der Waals surface area contributed by atoms with Crippen molar-refractivity contribution in [2.75, 3.05) is 13.6 Å². The summed E-state index contributed by atoms with van der Waals surface area (Å²) in [6.07, 6.45) is 1.57. The van der Waals surface area contributed by atoms with Crippen LogP contribution in [0.1, 0.15) is 31.2 Å². The third-order valence-corrected chi connectivity index (χ3v) is 3.08. The van der Waals surface area contributed by atoms with Crippen LogP contribution in [-0.4, -0.2) is 29.3 Å². The van der Waals surface area contributed by atoms with Crippen LogP contribution in [0, 0.1) is 6.92 Å². The van der Waals surface area contributed by atoms with Crippen molar-refractivity contribution in [2.45, 2.75) is 33.2 Å². The molecule has 19 heavy (non-hydrogen) atoms. The van der Waals surface area contributed by atoms with Gasteiger partial charge in [0.05, 0.1) is 0 Å². The van der Waals surface area contributed by atoms with Gasteiger partial charge < -0.3 is 14.1 Å². The van der Waals surface area contributed by atoms with Gasteiger partial charge >= 0.3 is 0 Å². The molecular weight excluding hydrogens is 240 g/mol. The van der Waals surface area contributed by atoms with E-state index in [1.807, 2.05) is 19.1 Å². The van der Waals surface area contributed by atoms with Gasteiger partial charge in [-0.05, 0) is 44.6 Å². The van der Waals surface area contributed by atoms with Gasteiger partial charge in [0.15, 0.2) is 11.5 Å². The van der Waals surface area contributed by atoms with Crippen LogP contribution in [0.5, 0.6) is 0 Å². The summed E-state index contributed by atoms with van der Waals surface area (Å²) in [5.74, 6) is 0.953. The van der Waals surface area contributed by atoms with Crippen LogP contribution in [-0.2, 0) is 11.3 Å². The Morgan fingerprint density at radius 1 is 1.42 bits per heavy atom. The lowest BCUT2D eigenvalue weighted by atomic mass is 10.2. The number of nitrogens with zero attached hydrogens (tertiary/aromatic N) is 2. The number of hydrogen-bond acceptors (Lipinski definition) is 4. The van der Waals surface area contributed by atoms with Gasteiger partial charge in [-0.15, -0.1) is 0 Å². The minimum Gasteiger partial charge on any atom is -0.441 e. The molecule has 2 rings (SSSR count). The molecule has 0 radical (unpaired) electrons. The minimum atomic E-state index is 0.256. The van der Waals surface area contributed by atoms with Gasteiger partial charge in [-0.25, -0.2) is 4.98 Å². The number of benzene rings is 1. The number of carbonyl (C=O) groups is 1. The fourth-order valence-electron chi connectivity index (χ4n) is 2.17. The van der Waals surface area contributed by atoms with Gasteiger partial charge in [0.25, 0.3) is 0 Å². The van der Waals surface area contributed by atoms with Crippen molar-refractivity contribution in [3.05, 3.63) is 29.7 Å². The van der Waals surface area contributed by atoms with Crippen LogP contribution < -0.4 is 0 Å².